The molecule has 0 aromatic carbocycles. The number of hydrogen-bond acceptors (Lipinski definition) is 5. The van der Waals surface area contributed by atoms with E-state index in [4.69, 9.17) is 10.3 Å². The lowest BCUT2D eigenvalue weighted by Gasteiger charge is -2.04. The molecule has 2 N–H and O–H groups in total. The predicted molar refractivity (Wildman–Crippen MR) is 63.4 cm³/mol. The number of thiophene rings is 1. The number of nitrogens with two attached hydrogens (primary N) is 1. The third-order valence-corrected chi connectivity index (χ3v) is 3.51. The Kier molecular flexibility index (Phi) is 3.36. The summed E-state index contributed by atoms with van der Waals surface area (Å²) in [6.07, 6.45) is 1.80. The van der Waals surface area contributed by atoms with Crippen LogP contribution in [0.25, 0.3) is 0 Å². The van der Waals surface area contributed by atoms with Crippen LogP contribution in [0.4, 0.5) is 0 Å². The third kappa shape index (κ3) is 2.15. The fraction of sp³-hybridized carbons (Fsp3) is 0.455. The maximum Gasteiger partial charge on any atom is 0.226 e. The molecule has 0 aliphatic rings. The van der Waals surface area contributed by atoms with E-state index >= 15 is 0 Å². The molecule has 0 aliphatic heterocycles. The molecule has 0 radical (unpaired) electrons. The van der Waals surface area contributed by atoms with Crippen molar-refractivity contribution in [2.75, 3.05) is 0 Å². The van der Waals surface area contributed by atoms with E-state index in [1.165, 1.54) is 5.56 Å². The summed E-state index contributed by atoms with van der Waals surface area (Å²) in [5.41, 5.74) is 7.28. The second-order valence-electron chi connectivity index (χ2n) is 3.74. The van der Waals surface area contributed by atoms with Gasteiger partial charge in [-0.15, -0.1) is 11.3 Å². The minimum atomic E-state index is -0.269. The molecule has 0 amide bonds. The molecule has 2 aromatic heterocycles. The molecule has 2 rings (SSSR count). The van der Waals surface area contributed by atoms with Crippen LogP contribution < -0.4 is 5.73 Å². The molecular weight excluding hydrogens is 222 g/mol. The van der Waals surface area contributed by atoms with Crippen molar-refractivity contribution in [1.82, 2.24) is 10.1 Å². The topological polar surface area (TPSA) is 64.9 Å². The highest BCUT2D eigenvalue weighted by molar-refractivity contribution is 7.10. The molecule has 0 saturated heterocycles. The first-order valence-corrected chi connectivity index (χ1v) is 6.22. The normalized spacial score (nSPS) is 12.9. The Morgan fingerprint density at radius 2 is 2.38 bits per heavy atom. The molecule has 1 atom stereocenters. The van der Waals surface area contributed by atoms with Gasteiger partial charge in [-0.25, -0.2) is 0 Å². The lowest BCUT2D eigenvalue weighted by Crippen LogP contribution is -2.13. The number of aromatic nitrogens is 2. The molecule has 1 unspecified atom stereocenters. The van der Waals surface area contributed by atoms with Crippen molar-refractivity contribution in [2.45, 2.75) is 32.7 Å². The van der Waals surface area contributed by atoms with E-state index in [-0.39, 0.29) is 6.04 Å². The van der Waals surface area contributed by atoms with Gasteiger partial charge >= 0.3 is 0 Å². The van der Waals surface area contributed by atoms with E-state index in [1.807, 2.05) is 18.4 Å². The van der Waals surface area contributed by atoms with Gasteiger partial charge in [0.05, 0.1) is 0 Å². The van der Waals surface area contributed by atoms with Crippen molar-refractivity contribution < 1.29 is 4.52 Å². The van der Waals surface area contributed by atoms with Gasteiger partial charge in [0.15, 0.2) is 5.82 Å². The maximum absolute atomic E-state index is 6.10. The minimum Gasteiger partial charge on any atom is -0.339 e. The third-order valence-electron chi connectivity index (χ3n) is 2.41. The summed E-state index contributed by atoms with van der Waals surface area (Å²) in [5.74, 6) is 1.25. The summed E-state index contributed by atoms with van der Waals surface area (Å²) in [6, 6.07) is 1.78. The Hall–Kier alpha value is -1.20. The van der Waals surface area contributed by atoms with Gasteiger partial charge < -0.3 is 10.3 Å². The molecule has 0 saturated carbocycles. The van der Waals surface area contributed by atoms with Crippen LogP contribution in [0.3, 0.4) is 0 Å². The largest absolute Gasteiger partial charge is 0.339 e. The van der Waals surface area contributed by atoms with E-state index in [1.54, 1.807) is 11.3 Å². The summed E-state index contributed by atoms with van der Waals surface area (Å²) >= 11 is 1.63. The highest BCUT2D eigenvalue weighted by Gasteiger charge is 2.18. The molecule has 4 nitrogen and oxygen atoms in total. The molecule has 0 bridgehead atoms. The summed E-state index contributed by atoms with van der Waals surface area (Å²) in [5, 5.41) is 5.95. The van der Waals surface area contributed by atoms with Crippen LogP contribution in [0, 0.1) is 6.92 Å². The number of hydrogen-bond donors (Lipinski definition) is 1. The van der Waals surface area contributed by atoms with E-state index < -0.39 is 0 Å². The van der Waals surface area contributed by atoms with Crippen molar-refractivity contribution in [1.29, 1.82) is 0 Å². The second kappa shape index (κ2) is 4.76. The molecule has 86 valence electrons. The van der Waals surface area contributed by atoms with Gasteiger partial charge in [0, 0.05) is 11.3 Å². The Bertz CT molecular complexity index is 463. The van der Waals surface area contributed by atoms with Crippen molar-refractivity contribution in [3.05, 3.63) is 33.6 Å². The summed E-state index contributed by atoms with van der Waals surface area (Å²) in [7, 11) is 0. The lowest BCUT2D eigenvalue weighted by atomic mass is 10.2. The molecule has 2 heterocycles. The summed E-state index contributed by atoms with van der Waals surface area (Å²) in [4.78, 5) is 5.40. The molecule has 0 spiro atoms. The van der Waals surface area contributed by atoms with Crippen LogP contribution in [0.1, 0.15) is 41.5 Å². The smallest absolute Gasteiger partial charge is 0.226 e. The highest BCUT2D eigenvalue weighted by atomic mass is 32.1. The lowest BCUT2D eigenvalue weighted by molar-refractivity contribution is 0.370. The van der Waals surface area contributed by atoms with Gasteiger partial charge in [-0.05, 0) is 30.4 Å². The van der Waals surface area contributed by atoms with Crippen LogP contribution in [0.15, 0.2) is 16.0 Å². The van der Waals surface area contributed by atoms with Gasteiger partial charge in [-0.2, -0.15) is 4.98 Å². The fourth-order valence-electron chi connectivity index (χ4n) is 1.53. The van der Waals surface area contributed by atoms with Crippen molar-refractivity contribution >= 4 is 11.3 Å². The molecular formula is C11H15N3OS. The Morgan fingerprint density at radius 3 is 3.00 bits per heavy atom. The molecule has 5 heteroatoms. The average molecular weight is 237 g/mol. The fourth-order valence-corrected chi connectivity index (χ4v) is 2.45. The maximum atomic E-state index is 6.10. The minimum absolute atomic E-state index is 0.269. The van der Waals surface area contributed by atoms with Crippen molar-refractivity contribution in [2.24, 2.45) is 5.73 Å². The van der Waals surface area contributed by atoms with Crippen LogP contribution in [0.5, 0.6) is 0 Å². The zero-order valence-corrected chi connectivity index (χ0v) is 10.3. The first-order chi connectivity index (χ1) is 7.72. The Labute approximate surface area is 98.5 Å². The molecule has 16 heavy (non-hydrogen) atoms. The van der Waals surface area contributed by atoms with Gasteiger partial charge in [-0.1, -0.05) is 12.1 Å². The molecule has 0 aliphatic carbocycles. The number of aryl methyl sites for hydroxylation is 2. The molecule has 2 aromatic rings. The van der Waals surface area contributed by atoms with Crippen LogP contribution >= 0.6 is 11.3 Å². The SMILES string of the molecule is CCCc1nc(C(N)c2sccc2C)no1. The Balaban J connectivity index is 2.20. The van der Waals surface area contributed by atoms with Gasteiger partial charge in [-0.3, -0.25) is 0 Å². The van der Waals surface area contributed by atoms with Crippen LogP contribution in [0.2, 0.25) is 0 Å². The summed E-state index contributed by atoms with van der Waals surface area (Å²) < 4.78 is 5.13. The van der Waals surface area contributed by atoms with Gasteiger partial charge in [0.1, 0.15) is 6.04 Å². The van der Waals surface area contributed by atoms with Crippen LogP contribution in [-0.4, -0.2) is 10.1 Å². The highest BCUT2D eigenvalue weighted by Crippen LogP contribution is 2.25. The quantitative estimate of drug-likeness (QED) is 0.887. The average Bonchev–Trinajstić information content (AvgIpc) is 2.87. The monoisotopic (exact) mass is 237 g/mol. The second-order valence-corrected chi connectivity index (χ2v) is 4.69. The van der Waals surface area contributed by atoms with Gasteiger partial charge in [0.25, 0.3) is 0 Å². The van der Waals surface area contributed by atoms with Crippen molar-refractivity contribution in [3.63, 3.8) is 0 Å². The number of rotatable bonds is 4. The standard InChI is InChI=1S/C11H15N3OS/c1-3-4-8-13-11(14-15-8)9(12)10-7(2)5-6-16-10/h5-6,9H,3-4,12H2,1-2H3. The van der Waals surface area contributed by atoms with E-state index in [9.17, 15) is 0 Å². The number of nitrogens with zero attached hydrogens (tertiary/aromatic N) is 2. The molecule has 0 fully saturated rings. The van der Waals surface area contributed by atoms with E-state index in [0.29, 0.717) is 11.7 Å². The Morgan fingerprint density at radius 1 is 1.56 bits per heavy atom. The van der Waals surface area contributed by atoms with Crippen LogP contribution in [-0.2, 0) is 6.42 Å². The van der Waals surface area contributed by atoms with E-state index in [2.05, 4.69) is 17.1 Å². The van der Waals surface area contributed by atoms with Gasteiger partial charge in [0.2, 0.25) is 5.89 Å². The first kappa shape index (κ1) is 11.3. The van der Waals surface area contributed by atoms with Crippen molar-refractivity contribution in [3.8, 4) is 0 Å². The first-order valence-electron chi connectivity index (χ1n) is 5.34. The summed E-state index contributed by atoms with van der Waals surface area (Å²) in [6.45, 7) is 4.12. The van der Waals surface area contributed by atoms with E-state index in [0.717, 1.165) is 17.7 Å². The zero-order valence-electron chi connectivity index (χ0n) is 9.43. The predicted octanol–water partition coefficient (Wildman–Crippen LogP) is 2.44. The zero-order chi connectivity index (χ0) is 11.5.